The quantitative estimate of drug-likeness (QED) is 0.292. The molecule has 0 atom stereocenters. The van der Waals surface area contributed by atoms with Crippen molar-refractivity contribution in [3.8, 4) is 5.75 Å². The molecule has 0 radical (unpaired) electrons. The summed E-state index contributed by atoms with van der Waals surface area (Å²) in [6, 6.07) is 21.1. The Bertz CT molecular complexity index is 1250. The van der Waals surface area contributed by atoms with Crippen LogP contribution in [0.2, 0.25) is 0 Å². The molecule has 0 unspecified atom stereocenters. The first kappa shape index (κ1) is 21.8. The van der Waals surface area contributed by atoms with E-state index in [1.165, 1.54) is 23.1 Å². The number of benzene rings is 3. The lowest BCUT2D eigenvalue weighted by molar-refractivity contribution is -0.115. The topological polar surface area (TPSA) is 93.2 Å². The van der Waals surface area contributed by atoms with Gasteiger partial charge in [0.1, 0.15) is 5.75 Å². The summed E-state index contributed by atoms with van der Waals surface area (Å²) in [5.74, 6) is 0.411. The molecule has 0 spiro atoms. The van der Waals surface area contributed by atoms with Crippen LogP contribution in [-0.4, -0.2) is 34.9 Å². The van der Waals surface area contributed by atoms with Gasteiger partial charge in [-0.25, -0.2) is 0 Å². The van der Waals surface area contributed by atoms with Crippen LogP contribution < -0.4 is 15.4 Å². The van der Waals surface area contributed by atoms with Crippen molar-refractivity contribution in [2.24, 2.45) is 0 Å². The van der Waals surface area contributed by atoms with Crippen LogP contribution in [0.25, 0.3) is 10.8 Å². The maximum absolute atomic E-state index is 12.5. The molecule has 9 heteroatoms. The van der Waals surface area contributed by atoms with E-state index in [1.54, 1.807) is 19.2 Å². The van der Waals surface area contributed by atoms with E-state index in [0.29, 0.717) is 20.9 Å². The van der Waals surface area contributed by atoms with Gasteiger partial charge in [0.15, 0.2) is 4.34 Å². The third kappa shape index (κ3) is 5.43. The average Bonchev–Trinajstić information content (AvgIpc) is 3.25. The fourth-order valence-corrected chi connectivity index (χ4v) is 4.73. The molecule has 0 bridgehead atoms. The van der Waals surface area contributed by atoms with Gasteiger partial charge in [0, 0.05) is 0 Å². The number of para-hydroxylation sites is 2. The molecule has 0 aliphatic heterocycles. The van der Waals surface area contributed by atoms with Crippen LogP contribution in [-0.2, 0) is 16.0 Å². The second kappa shape index (κ2) is 10.3. The number of nitrogens with zero attached hydrogens (tertiary/aromatic N) is 2. The number of carbonyl (C=O) groups excluding carboxylic acids is 2. The second-order valence-electron chi connectivity index (χ2n) is 6.77. The van der Waals surface area contributed by atoms with Gasteiger partial charge in [-0.1, -0.05) is 77.7 Å². The van der Waals surface area contributed by atoms with E-state index in [2.05, 4.69) is 20.8 Å². The third-order valence-corrected chi connectivity index (χ3v) is 6.56. The van der Waals surface area contributed by atoms with Crippen LogP contribution in [0.1, 0.15) is 5.56 Å². The molecule has 3 aromatic carbocycles. The fraction of sp³-hybridized carbons (Fsp3) is 0.130. The monoisotopic (exact) mass is 464 g/mol. The van der Waals surface area contributed by atoms with Crippen LogP contribution >= 0.6 is 23.1 Å². The number of hydrogen-bond donors (Lipinski definition) is 2. The second-order valence-corrected chi connectivity index (χ2v) is 8.97. The van der Waals surface area contributed by atoms with Crippen molar-refractivity contribution >= 4 is 56.5 Å². The molecule has 4 aromatic rings. The van der Waals surface area contributed by atoms with Crippen LogP contribution in [0.3, 0.4) is 0 Å². The SMILES string of the molecule is COc1ccccc1NC(=O)CSc1nnc(NC(=O)Cc2cccc3ccccc23)s1. The van der Waals surface area contributed by atoms with E-state index in [1.807, 2.05) is 54.6 Å². The van der Waals surface area contributed by atoms with Gasteiger partial charge in [-0.2, -0.15) is 0 Å². The Hall–Kier alpha value is -3.43. The fourth-order valence-electron chi connectivity index (χ4n) is 3.16. The van der Waals surface area contributed by atoms with Gasteiger partial charge >= 0.3 is 0 Å². The molecule has 0 fully saturated rings. The maximum atomic E-state index is 12.5. The number of hydrogen-bond acceptors (Lipinski definition) is 7. The molecule has 1 aromatic heterocycles. The molecule has 0 saturated carbocycles. The Kier molecular flexibility index (Phi) is 6.98. The number of aromatic nitrogens is 2. The van der Waals surface area contributed by atoms with Crippen molar-refractivity contribution < 1.29 is 14.3 Å². The predicted octanol–water partition coefficient (Wildman–Crippen LogP) is 4.61. The first-order chi connectivity index (χ1) is 15.6. The Morgan fingerprint density at radius 2 is 1.72 bits per heavy atom. The molecule has 0 aliphatic carbocycles. The van der Waals surface area contributed by atoms with Gasteiger partial charge < -0.3 is 15.4 Å². The molecule has 32 heavy (non-hydrogen) atoms. The number of fused-ring (bicyclic) bond motifs is 1. The smallest absolute Gasteiger partial charge is 0.234 e. The van der Waals surface area contributed by atoms with E-state index in [-0.39, 0.29) is 24.0 Å². The minimum absolute atomic E-state index is 0.163. The minimum atomic E-state index is -0.184. The molecule has 1 heterocycles. The van der Waals surface area contributed by atoms with Crippen LogP contribution in [0, 0.1) is 0 Å². The number of carbonyl (C=O) groups is 2. The first-order valence-corrected chi connectivity index (χ1v) is 11.6. The zero-order valence-electron chi connectivity index (χ0n) is 17.2. The summed E-state index contributed by atoms with van der Waals surface area (Å²) in [5.41, 5.74) is 1.56. The highest BCUT2D eigenvalue weighted by molar-refractivity contribution is 8.01. The van der Waals surface area contributed by atoms with Crippen molar-refractivity contribution in [3.63, 3.8) is 0 Å². The summed E-state index contributed by atoms with van der Waals surface area (Å²) in [7, 11) is 1.55. The predicted molar refractivity (Wildman–Crippen MR) is 129 cm³/mol. The molecule has 2 N–H and O–H groups in total. The Morgan fingerprint density at radius 1 is 0.938 bits per heavy atom. The summed E-state index contributed by atoms with van der Waals surface area (Å²) in [5, 5.41) is 16.2. The third-order valence-electron chi connectivity index (χ3n) is 4.59. The van der Waals surface area contributed by atoms with Gasteiger partial charge in [0.25, 0.3) is 0 Å². The Balaban J connectivity index is 1.31. The van der Waals surface area contributed by atoms with Gasteiger partial charge in [-0.05, 0) is 28.5 Å². The lowest BCUT2D eigenvalue weighted by Crippen LogP contribution is -2.14. The van der Waals surface area contributed by atoms with Crippen molar-refractivity contribution in [3.05, 3.63) is 72.3 Å². The van der Waals surface area contributed by atoms with Gasteiger partial charge in [0.05, 0.1) is 25.0 Å². The van der Waals surface area contributed by atoms with Crippen molar-refractivity contribution in [2.75, 3.05) is 23.5 Å². The number of methoxy groups -OCH3 is 1. The number of nitrogens with one attached hydrogen (secondary N) is 2. The molecular formula is C23H20N4O3S2. The number of anilines is 2. The minimum Gasteiger partial charge on any atom is -0.495 e. The lowest BCUT2D eigenvalue weighted by Gasteiger charge is -2.08. The van der Waals surface area contributed by atoms with Crippen LogP contribution in [0.5, 0.6) is 5.75 Å². The van der Waals surface area contributed by atoms with E-state index in [4.69, 9.17) is 4.74 Å². The number of rotatable bonds is 8. The van der Waals surface area contributed by atoms with E-state index >= 15 is 0 Å². The largest absolute Gasteiger partial charge is 0.495 e. The zero-order chi connectivity index (χ0) is 22.3. The summed E-state index contributed by atoms with van der Waals surface area (Å²) in [6.07, 6.45) is 0.241. The van der Waals surface area contributed by atoms with Crippen LogP contribution in [0.4, 0.5) is 10.8 Å². The van der Waals surface area contributed by atoms with Gasteiger partial charge in [-0.15, -0.1) is 10.2 Å². The lowest BCUT2D eigenvalue weighted by atomic mass is 10.0. The summed E-state index contributed by atoms with van der Waals surface area (Å²) >= 11 is 2.49. The molecule has 7 nitrogen and oxygen atoms in total. The highest BCUT2D eigenvalue weighted by Crippen LogP contribution is 2.27. The normalized spacial score (nSPS) is 10.7. The Labute approximate surface area is 193 Å². The van der Waals surface area contributed by atoms with Crippen molar-refractivity contribution in [1.29, 1.82) is 0 Å². The first-order valence-electron chi connectivity index (χ1n) is 9.78. The van der Waals surface area contributed by atoms with E-state index in [9.17, 15) is 9.59 Å². The highest BCUT2D eigenvalue weighted by atomic mass is 32.2. The molecule has 0 aliphatic rings. The number of ether oxygens (including phenoxy) is 1. The zero-order valence-corrected chi connectivity index (χ0v) is 18.8. The summed E-state index contributed by atoms with van der Waals surface area (Å²) in [6.45, 7) is 0. The maximum Gasteiger partial charge on any atom is 0.234 e. The van der Waals surface area contributed by atoms with E-state index in [0.717, 1.165) is 16.3 Å². The van der Waals surface area contributed by atoms with Gasteiger partial charge in [0.2, 0.25) is 16.9 Å². The van der Waals surface area contributed by atoms with E-state index < -0.39 is 0 Å². The molecule has 162 valence electrons. The molecule has 0 saturated heterocycles. The summed E-state index contributed by atoms with van der Waals surface area (Å²) < 4.78 is 5.83. The van der Waals surface area contributed by atoms with Crippen molar-refractivity contribution in [1.82, 2.24) is 10.2 Å². The highest BCUT2D eigenvalue weighted by Gasteiger charge is 2.13. The molecule has 2 amide bonds. The molecular weight excluding hydrogens is 444 g/mol. The number of thioether (sulfide) groups is 1. The summed E-state index contributed by atoms with van der Waals surface area (Å²) in [4.78, 5) is 24.8. The standard InChI is InChI=1S/C23H20N4O3S2/c1-30-19-12-5-4-11-18(19)24-21(29)14-31-23-27-26-22(32-23)25-20(28)13-16-9-6-8-15-7-2-3-10-17(15)16/h2-12H,13-14H2,1H3,(H,24,29)(H,25,26,28). The van der Waals surface area contributed by atoms with Crippen LogP contribution in [0.15, 0.2) is 71.1 Å². The molecule has 4 rings (SSSR count). The van der Waals surface area contributed by atoms with Crippen molar-refractivity contribution in [2.45, 2.75) is 10.8 Å². The average molecular weight is 465 g/mol. The Morgan fingerprint density at radius 3 is 2.59 bits per heavy atom. The van der Waals surface area contributed by atoms with Gasteiger partial charge in [-0.3, -0.25) is 9.59 Å². The number of amides is 2.